The summed E-state index contributed by atoms with van der Waals surface area (Å²) in [7, 11) is 0. The number of hydrogen-bond acceptors (Lipinski definition) is 4. The van der Waals surface area contributed by atoms with E-state index in [4.69, 9.17) is 5.73 Å². The zero-order chi connectivity index (χ0) is 11.7. The molecule has 0 spiro atoms. The van der Waals surface area contributed by atoms with Crippen LogP contribution in [0.25, 0.3) is 5.52 Å². The molecular weight excluding hydrogens is 214 g/mol. The van der Waals surface area contributed by atoms with Gasteiger partial charge in [0.15, 0.2) is 5.82 Å². The number of piperidine rings is 1. The van der Waals surface area contributed by atoms with Crippen molar-refractivity contribution in [1.29, 1.82) is 0 Å². The van der Waals surface area contributed by atoms with Crippen molar-refractivity contribution < 1.29 is 0 Å². The van der Waals surface area contributed by atoms with Crippen LogP contribution in [0.1, 0.15) is 12.8 Å². The Kier molecular flexibility index (Phi) is 2.68. The molecule has 2 N–H and O–H groups in total. The molecule has 1 saturated heterocycles. The molecule has 0 saturated carbocycles. The lowest BCUT2D eigenvalue weighted by Crippen LogP contribution is -2.39. The van der Waals surface area contributed by atoms with Crippen LogP contribution in [-0.4, -0.2) is 34.2 Å². The smallest absolute Gasteiger partial charge is 0.154 e. The molecule has 0 aromatic carbocycles. The molecular formula is C12H17N5. The van der Waals surface area contributed by atoms with E-state index >= 15 is 0 Å². The van der Waals surface area contributed by atoms with Crippen LogP contribution in [-0.2, 0) is 0 Å². The molecule has 0 unspecified atom stereocenters. The Morgan fingerprint density at radius 2 is 2.35 bits per heavy atom. The van der Waals surface area contributed by atoms with Gasteiger partial charge in [-0.25, -0.2) is 9.50 Å². The average Bonchev–Trinajstić information content (AvgIpc) is 2.87. The average molecular weight is 231 g/mol. The Bertz CT molecular complexity index is 506. The molecule has 1 atom stereocenters. The summed E-state index contributed by atoms with van der Waals surface area (Å²) >= 11 is 0. The Morgan fingerprint density at radius 3 is 3.24 bits per heavy atom. The van der Waals surface area contributed by atoms with Crippen LogP contribution in [0.3, 0.4) is 0 Å². The number of nitrogens with two attached hydrogens (primary N) is 1. The van der Waals surface area contributed by atoms with Crippen molar-refractivity contribution in [3.05, 3.63) is 24.7 Å². The van der Waals surface area contributed by atoms with E-state index in [1.807, 2.05) is 23.0 Å². The lowest BCUT2D eigenvalue weighted by molar-refractivity contribution is 0.422. The fourth-order valence-corrected chi connectivity index (χ4v) is 2.54. The minimum Gasteiger partial charge on any atom is -0.355 e. The minimum absolute atomic E-state index is 0.591. The van der Waals surface area contributed by atoms with Gasteiger partial charge in [0.05, 0.1) is 6.20 Å². The zero-order valence-electron chi connectivity index (χ0n) is 9.79. The van der Waals surface area contributed by atoms with Gasteiger partial charge < -0.3 is 10.6 Å². The highest BCUT2D eigenvalue weighted by Crippen LogP contribution is 2.24. The second-order valence-corrected chi connectivity index (χ2v) is 4.60. The first-order valence-electron chi connectivity index (χ1n) is 6.12. The summed E-state index contributed by atoms with van der Waals surface area (Å²) in [5, 5.41) is 4.24. The predicted octanol–water partition coefficient (Wildman–Crippen LogP) is 0.904. The highest BCUT2D eigenvalue weighted by Gasteiger charge is 2.21. The van der Waals surface area contributed by atoms with Crippen LogP contribution >= 0.6 is 0 Å². The molecule has 0 bridgehead atoms. The van der Waals surface area contributed by atoms with E-state index in [9.17, 15) is 0 Å². The Morgan fingerprint density at radius 1 is 1.41 bits per heavy atom. The highest BCUT2D eigenvalue weighted by atomic mass is 15.3. The van der Waals surface area contributed by atoms with E-state index in [0.717, 1.165) is 31.0 Å². The molecule has 3 rings (SSSR count). The topological polar surface area (TPSA) is 59.5 Å². The normalized spacial score (nSPS) is 21.0. The van der Waals surface area contributed by atoms with Crippen molar-refractivity contribution in [3.63, 3.8) is 0 Å². The lowest BCUT2D eigenvalue weighted by atomic mass is 9.98. The molecule has 2 aromatic rings. The van der Waals surface area contributed by atoms with Gasteiger partial charge in [-0.1, -0.05) is 0 Å². The van der Waals surface area contributed by atoms with Gasteiger partial charge in [-0.05, 0) is 31.4 Å². The number of hydrogen-bond donors (Lipinski definition) is 1. The van der Waals surface area contributed by atoms with Crippen molar-refractivity contribution in [2.24, 2.45) is 11.7 Å². The maximum Gasteiger partial charge on any atom is 0.154 e. The van der Waals surface area contributed by atoms with Gasteiger partial charge in [-0.3, -0.25) is 0 Å². The van der Waals surface area contributed by atoms with Crippen molar-refractivity contribution in [3.8, 4) is 0 Å². The fraction of sp³-hybridized carbons (Fsp3) is 0.500. The maximum atomic E-state index is 5.77. The summed E-state index contributed by atoms with van der Waals surface area (Å²) in [5.74, 6) is 1.62. The van der Waals surface area contributed by atoms with Crippen LogP contribution in [0.15, 0.2) is 24.7 Å². The molecule has 3 heterocycles. The monoisotopic (exact) mass is 231 g/mol. The summed E-state index contributed by atoms with van der Waals surface area (Å²) < 4.78 is 1.87. The second-order valence-electron chi connectivity index (χ2n) is 4.60. The van der Waals surface area contributed by atoms with Crippen molar-refractivity contribution >= 4 is 11.3 Å². The second kappa shape index (κ2) is 4.33. The van der Waals surface area contributed by atoms with Crippen LogP contribution in [0, 0.1) is 5.92 Å². The van der Waals surface area contributed by atoms with E-state index in [0.29, 0.717) is 5.92 Å². The summed E-state index contributed by atoms with van der Waals surface area (Å²) in [6.07, 6.45) is 7.92. The molecule has 0 amide bonds. The van der Waals surface area contributed by atoms with Crippen LogP contribution in [0.5, 0.6) is 0 Å². The third-order valence-electron chi connectivity index (χ3n) is 3.46. The number of nitrogens with zero attached hydrogens (tertiary/aromatic N) is 4. The summed E-state index contributed by atoms with van der Waals surface area (Å²) in [6, 6.07) is 2.01. The van der Waals surface area contributed by atoms with Gasteiger partial charge in [0.25, 0.3) is 0 Å². The highest BCUT2D eigenvalue weighted by molar-refractivity contribution is 5.68. The zero-order valence-corrected chi connectivity index (χ0v) is 9.79. The molecule has 0 radical (unpaired) electrons. The van der Waals surface area contributed by atoms with E-state index in [1.54, 1.807) is 6.20 Å². The molecule has 1 fully saturated rings. The number of anilines is 1. The van der Waals surface area contributed by atoms with Gasteiger partial charge in [0, 0.05) is 25.5 Å². The Hall–Kier alpha value is -1.62. The first kappa shape index (κ1) is 10.5. The van der Waals surface area contributed by atoms with Gasteiger partial charge in [0.2, 0.25) is 0 Å². The van der Waals surface area contributed by atoms with Gasteiger partial charge in [-0.15, -0.1) is 0 Å². The van der Waals surface area contributed by atoms with Gasteiger partial charge >= 0.3 is 0 Å². The van der Waals surface area contributed by atoms with Gasteiger partial charge in [0.1, 0.15) is 5.52 Å². The van der Waals surface area contributed by atoms with E-state index in [1.165, 1.54) is 12.8 Å². The van der Waals surface area contributed by atoms with Crippen LogP contribution < -0.4 is 10.6 Å². The Labute approximate surface area is 100 Å². The SMILES string of the molecule is NC[C@@H]1CCCN(c2nccn3nccc23)C1. The quantitative estimate of drug-likeness (QED) is 0.834. The van der Waals surface area contributed by atoms with E-state index in [-0.39, 0.29) is 0 Å². The van der Waals surface area contributed by atoms with E-state index < -0.39 is 0 Å². The standard InChI is InChI=1S/C12H17N5/c13-8-10-2-1-6-16(9-10)12-11-3-4-15-17(11)7-5-14-12/h3-5,7,10H,1-2,6,8-9,13H2/t10-/m0/s1. The number of aromatic nitrogens is 3. The molecule has 1 aliphatic rings. The molecule has 0 aliphatic carbocycles. The summed E-state index contributed by atoms with van der Waals surface area (Å²) in [6.45, 7) is 2.83. The lowest BCUT2D eigenvalue weighted by Gasteiger charge is -2.33. The maximum absolute atomic E-state index is 5.77. The molecule has 2 aromatic heterocycles. The fourth-order valence-electron chi connectivity index (χ4n) is 2.54. The Balaban J connectivity index is 1.94. The van der Waals surface area contributed by atoms with Gasteiger partial charge in [-0.2, -0.15) is 5.10 Å². The van der Waals surface area contributed by atoms with Crippen LogP contribution in [0.4, 0.5) is 5.82 Å². The molecule has 5 heteroatoms. The minimum atomic E-state index is 0.591. The first-order valence-corrected chi connectivity index (χ1v) is 6.12. The largest absolute Gasteiger partial charge is 0.355 e. The molecule has 1 aliphatic heterocycles. The van der Waals surface area contributed by atoms with Crippen molar-refractivity contribution in [1.82, 2.24) is 14.6 Å². The molecule has 5 nitrogen and oxygen atoms in total. The first-order chi connectivity index (χ1) is 8.38. The number of rotatable bonds is 2. The van der Waals surface area contributed by atoms with Crippen LogP contribution in [0.2, 0.25) is 0 Å². The summed E-state index contributed by atoms with van der Waals surface area (Å²) in [5.41, 5.74) is 6.85. The number of fused-ring (bicyclic) bond motifs is 1. The van der Waals surface area contributed by atoms with Crippen molar-refractivity contribution in [2.45, 2.75) is 12.8 Å². The predicted molar refractivity (Wildman–Crippen MR) is 67.0 cm³/mol. The third kappa shape index (κ3) is 1.86. The van der Waals surface area contributed by atoms with Crippen molar-refractivity contribution in [2.75, 3.05) is 24.5 Å². The van der Waals surface area contributed by atoms with E-state index in [2.05, 4.69) is 15.0 Å². The summed E-state index contributed by atoms with van der Waals surface area (Å²) in [4.78, 5) is 6.83. The third-order valence-corrected chi connectivity index (χ3v) is 3.46. The molecule has 17 heavy (non-hydrogen) atoms. The molecule has 90 valence electrons.